The summed E-state index contributed by atoms with van der Waals surface area (Å²) in [6.45, 7) is 9.96. The van der Waals surface area contributed by atoms with Gasteiger partial charge in [0.2, 0.25) is 0 Å². The summed E-state index contributed by atoms with van der Waals surface area (Å²) in [7, 11) is -0.449. The fraction of sp³-hybridized carbons (Fsp3) is 0.600. The lowest BCUT2D eigenvalue weighted by Crippen LogP contribution is -2.41. The van der Waals surface area contributed by atoms with Crippen LogP contribution in [0, 0.1) is 0 Å². The van der Waals surface area contributed by atoms with Gasteiger partial charge in [0.25, 0.3) is 0 Å². The van der Waals surface area contributed by atoms with Crippen LogP contribution in [0.4, 0.5) is 0 Å². The molecule has 0 aliphatic carbocycles. The zero-order valence-electron chi connectivity index (χ0n) is 12.9. The van der Waals surface area contributed by atoms with Crippen molar-refractivity contribution in [1.29, 1.82) is 0 Å². The Hall–Kier alpha value is -1.04. The van der Waals surface area contributed by atoms with Crippen molar-refractivity contribution in [1.82, 2.24) is 0 Å². The molecule has 0 aromatic heterocycles. The number of hydrogen-bond donors (Lipinski definition) is 2. The highest BCUT2D eigenvalue weighted by Crippen LogP contribution is 2.36. The van der Waals surface area contributed by atoms with Crippen molar-refractivity contribution in [2.45, 2.75) is 58.3 Å². The predicted octanol–water partition coefficient (Wildman–Crippen LogP) is 1.58. The predicted molar refractivity (Wildman–Crippen MR) is 81.2 cm³/mol. The quantitative estimate of drug-likeness (QED) is 0.823. The molecule has 1 atom stereocenters. The van der Waals surface area contributed by atoms with E-state index >= 15 is 0 Å². The summed E-state index contributed by atoms with van der Waals surface area (Å²) in [4.78, 5) is 0. The van der Waals surface area contributed by atoms with Gasteiger partial charge < -0.3 is 20.1 Å². The lowest BCUT2D eigenvalue weighted by atomic mass is 9.78. The highest BCUT2D eigenvalue weighted by Gasteiger charge is 2.51. The minimum Gasteiger partial charge on any atom is -0.508 e. The number of rotatable bonds is 3. The summed E-state index contributed by atoms with van der Waals surface area (Å²) in [6.07, 6.45) is 0.648. The lowest BCUT2D eigenvalue weighted by Gasteiger charge is -2.32. The zero-order valence-corrected chi connectivity index (χ0v) is 12.9. The number of aromatic hydroxyl groups is 1. The number of phenolic OH excluding ortho intramolecular Hbond substituents is 1. The van der Waals surface area contributed by atoms with Crippen molar-refractivity contribution in [3.05, 3.63) is 23.8 Å². The number of phenols is 1. The van der Waals surface area contributed by atoms with E-state index in [2.05, 4.69) is 0 Å². The van der Waals surface area contributed by atoms with E-state index in [1.165, 1.54) is 0 Å². The largest absolute Gasteiger partial charge is 0.508 e. The third-order valence-corrected chi connectivity index (χ3v) is 4.18. The Balaban J connectivity index is 2.22. The third-order valence-electron chi connectivity index (χ3n) is 4.18. The second-order valence-electron chi connectivity index (χ2n) is 6.66. The molecule has 1 aliphatic heterocycles. The first-order valence-corrected chi connectivity index (χ1v) is 7.05. The van der Waals surface area contributed by atoms with Crippen molar-refractivity contribution >= 4 is 12.6 Å². The average Bonchev–Trinajstić information content (AvgIpc) is 2.50. The van der Waals surface area contributed by atoms with E-state index in [-0.39, 0.29) is 23.0 Å². The molecule has 0 saturated carbocycles. The fourth-order valence-corrected chi connectivity index (χ4v) is 2.23. The average molecular weight is 277 g/mol. The Labute approximate surface area is 121 Å². The van der Waals surface area contributed by atoms with Crippen LogP contribution in [0.25, 0.3) is 0 Å². The minimum absolute atomic E-state index is 0.0172. The van der Waals surface area contributed by atoms with Crippen molar-refractivity contribution in [2.24, 2.45) is 5.73 Å². The molecule has 0 spiro atoms. The van der Waals surface area contributed by atoms with Crippen LogP contribution >= 0.6 is 0 Å². The van der Waals surface area contributed by atoms with E-state index in [4.69, 9.17) is 15.0 Å². The van der Waals surface area contributed by atoms with E-state index in [9.17, 15) is 5.11 Å². The second kappa shape index (κ2) is 5.06. The molecule has 1 aromatic rings. The Morgan fingerprint density at radius 2 is 1.75 bits per heavy atom. The van der Waals surface area contributed by atoms with Gasteiger partial charge in [0.05, 0.1) is 11.2 Å². The molecular weight excluding hydrogens is 253 g/mol. The van der Waals surface area contributed by atoms with E-state index in [1.807, 2.05) is 46.8 Å². The number of benzene rings is 1. The molecule has 0 bridgehead atoms. The van der Waals surface area contributed by atoms with E-state index in [1.54, 1.807) is 6.07 Å². The molecule has 1 fully saturated rings. The first-order chi connectivity index (χ1) is 9.12. The molecule has 4 nitrogen and oxygen atoms in total. The van der Waals surface area contributed by atoms with Crippen molar-refractivity contribution in [3.63, 3.8) is 0 Å². The summed E-state index contributed by atoms with van der Waals surface area (Å²) in [5, 5.41) is 10.1. The van der Waals surface area contributed by atoms with Gasteiger partial charge in [-0.3, -0.25) is 0 Å². The van der Waals surface area contributed by atoms with Crippen molar-refractivity contribution in [3.8, 4) is 5.75 Å². The summed E-state index contributed by atoms with van der Waals surface area (Å²) < 4.78 is 11.9. The minimum atomic E-state index is -0.449. The molecule has 20 heavy (non-hydrogen) atoms. The molecule has 5 heteroatoms. The molecule has 1 heterocycles. The highest BCUT2D eigenvalue weighted by atomic mass is 16.7. The molecular formula is C15H24BNO3. The molecule has 110 valence electrons. The first kappa shape index (κ1) is 15.4. The Morgan fingerprint density at radius 3 is 2.20 bits per heavy atom. The molecule has 0 radical (unpaired) electrons. The molecule has 1 aromatic carbocycles. The smallest absolute Gasteiger partial charge is 0.494 e. The topological polar surface area (TPSA) is 64.7 Å². The standard InChI is InChI=1S/C15H24BNO3/c1-10(17)8-11-6-7-12(9-13(11)18)16-19-14(2,3)15(4,5)20-16/h6-7,9-10,18H,8,17H2,1-5H3. The number of hydrogen-bond acceptors (Lipinski definition) is 4. The van der Waals surface area contributed by atoms with Crippen LogP contribution in [-0.2, 0) is 15.7 Å². The zero-order chi connectivity index (χ0) is 15.1. The van der Waals surface area contributed by atoms with Gasteiger partial charge in [0.15, 0.2) is 0 Å². The molecule has 0 amide bonds. The summed E-state index contributed by atoms with van der Waals surface area (Å²) in [5.41, 5.74) is 6.69. The Morgan fingerprint density at radius 1 is 1.20 bits per heavy atom. The summed E-state index contributed by atoms with van der Waals surface area (Å²) in [5.74, 6) is 0.245. The van der Waals surface area contributed by atoms with Crippen LogP contribution in [0.5, 0.6) is 5.75 Å². The van der Waals surface area contributed by atoms with Gasteiger partial charge in [-0.15, -0.1) is 0 Å². The van der Waals surface area contributed by atoms with Gasteiger partial charge in [0, 0.05) is 6.04 Å². The summed E-state index contributed by atoms with van der Waals surface area (Å²) in [6, 6.07) is 5.54. The second-order valence-corrected chi connectivity index (χ2v) is 6.66. The van der Waals surface area contributed by atoms with Crippen LogP contribution in [0.2, 0.25) is 0 Å². The van der Waals surface area contributed by atoms with Crippen LogP contribution in [0.3, 0.4) is 0 Å². The Bertz CT molecular complexity index is 484. The molecule has 3 N–H and O–H groups in total. The first-order valence-electron chi connectivity index (χ1n) is 7.05. The fourth-order valence-electron chi connectivity index (χ4n) is 2.23. The van der Waals surface area contributed by atoms with E-state index in [0.29, 0.717) is 6.42 Å². The van der Waals surface area contributed by atoms with Gasteiger partial charge >= 0.3 is 7.12 Å². The monoisotopic (exact) mass is 277 g/mol. The maximum absolute atomic E-state index is 10.1. The Kier molecular flexibility index (Phi) is 3.89. The van der Waals surface area contributed by atoms with Crippen LogP contribution in [-0.4, -0.2) is 29.5 Å². The van der Waals surface area contributed by atoms with Crippen LogP contribution < -0.4 is 11.2 Å². The lowest BCUT2D eigenvalue weighted by molar-refractivity contribution is 0.00578. The van der Waals surface area contributed by atoms with Gasteiger partial charge in [0.1, 0.15) is 5.75 Å². The van der Waals surface area contributed by atoms with Crippen LogP contribution in [0.15, 0.2) is 18.2 Å². The normalized spacial score (nSPS) is 22.0. The van der Waals surface area contributed by atoms with E-state index in [0.717, 1.165) is 11.0 Å². The molecule has 1 saturated heterocycles. The molecule has 1 unspecified atom stereocenters. The number of nitrogens with two attached hydrogens (primary N) is 1. The van der Waals surface area contributed by atoms with Gasteiger partial charge in [-0.1, -0.05) is 12.1 Å². The van der Waals surface area contributed by atoms with Crippen molar-refractivity contribution in [2.75, 3.05) is 0 Å². The van der Waals surface area contributed by atoms with Crippen LogP contribution in [0.1, 0.15) is 40.2 Å². The van der Waals surface area contributed by atoms with Gasteiger partial charge in [-0.2, -0.15) is 0 Å². The van der Waals surface area contributed by atoms with Gasteiger partial charge in [-0.05, 0) is 58.1 Å². The molecule has 2 rings (SSSR count). The molecule has 1 aliphatic rings. The maximum Gasteiger partial charge on any atom is 0.494 e. The van der Waals surface area contributed by atoms with Gasteiger partial charge in [-0.25, -0.2) is 0 Å². The van der Waals surface area contributed by atoms with E-state index < -0.39 is 7.12 Å². The highest BCUT2D eigenvalue weighted by molar-refractivity contribution is 6.62. The SMILES string of the molecule is CC(N)Cc1ccc(B2OC(C)(C)C(C)(C)O2)cc1O. The van der Waals surface area contributed by atoms with Crippen molar-refractivity contribution < 1.29 is 14.4 Å². The third kappa shape index (κ3) is 2.85. The summed E-state index contributed by atoms with van der Waals surface area (Å²) >= 11 is 0. The maximum atomic E-state index is 10.1.